The van der Waals surface area contributed by atoms with Crippen LogP contribution in [0.2, 0.25) is 0 Å². The van der Waals surface area contributed by atoms with Crippen molar-refractivity contribution in [3.8, 4) is 11.3 Å². The summed E-state index contributed by atoms with van der Waals surface area (Å²) in [5, 5.41) is 12.3. The van der Waals surface area contributed by atoms with Gasteiger partial charge in [-0.25, -0.2) is 19.2 Å². The van der Waals surface area contributed by atoms with Crippen LogP contribution in [0.25, 0.3) is 27.7 Å². The molecule has 0 spiro atoms. The zero-order valence-electron chi connectivity index (χ0n) is 20.5. The van der Waals surface area contributed by atoms with E-state index < -0.39 is 17.8 Å². The monoisotopic (exact) mass is 527 g/mol. The Bertz CT molecular complexity index is 1850. The van der Waals surface area contributed by atoms with Crippen LogP contribution in [-0.2, 0) is 12.7 Å². The number of hydrogen-bond donors (Lipinski definition) is 1. The van der Waals surface area contributed by atoms with E-state index in [2.05, 4.69) is 25.5 Å². The fraction of sp³-hybridized carbons (Fsp3) is 0.107. The summed E-state index contributed by atoms with van der Waals surface area (Å²) in [5.41, 5.74) is 1.27. The molecule has 1 N–H and O–H groups in total. The van der Waals surface area contributed by atoms with Crippen molar-refractivity contribution in [3.63, 3.8) is 0 Å². The van der Waals surface area contributed by atoms with Gasteiger partial charge in [-0.2, -0.15) is 18.3 Å². The maximum absolute atomic E-state index is 14.1. The van der Waals surface area contributed by atoms with Crippen LogP contribution in [0.4, 0.5) is 19.1 Å². The largest absolute Gasteiger partial charge is 0.433 e. The standard InChI is InChI=1S/C28H20F3N7O/c1-17-7-2-3-9-19(17)15-37-16-32-27(36-37)35-26(39)22-14-33-38-24(28(29,30)31)13-23(34-25(22)38)21-12-6-10-18-8-4-5-11-20(18)21/h2-14,16H,15H2,1H3,(H,35,36,39). The van der Waals surface area contributed by atoms with Crippen molar-refractivity contribution in [1.29, 1.82) is 0 Å². The van der Waals surface area contributed by atoms with E-state index in [1.165, 1.54) is 6.33 Å². The molecule has 0 saturated heterocycles. The number of fused-ring (bicyclic) bond motifs is 2. The van der Waals surface area contributed by atoms with Crippen LogP contribution in [0.3, 0.4) is 0 Å². The molecule has 1 amide bonds. The van der Waals surface area contributed by atoms with Crippen LogP contribution >= 0.6 is 0 Å². The van der Waals surface area contributed by atoms with E-state index in [0.29, 0.717) is 16.6 Å². The van der Waals surface area contributed by atoms with Crippen LogP contribution in [-0.4, -0.2) is 35.3 Å². The first kappa shape index (κ1) is 24.3. The molecule has 0 radical (unpaired) electrons. The number of aryl methyl sites for hydroxylation is 1. The van der Waals surface area contributed by atoms with Gasteiger partial charge in [0.05, 0.1) is 18.4 Å². The Morgan fingerprint density at radius 2 is 1.77 bits per heavy atom. The molecule has 6 aromatic rings. The number of rotatable bonds is 5. The highest BCUT2D eigenvalue weighted by Crippen LogP contribution is 2.35. The summed E-state index contributed by atoms with van der Waals surface area (Å²) < 4.78 is 44.4. The average molecular weight is 528 g/mol. The molecule has 0 bridgehead atoms. The van der Waals surface area contributed by atoms with Crippen LogP contribution in [0.15, 0.2) is 85.3 Å². The van der Waals surface area contributed by atoms with E-state index in [-0.39, 0.29) is 22.9 Å². The second kappa shape index (κ2) is 9.35. The van der Waals surface area contributed by atoms with Crippen molar-refractivity contribution >= 4 is 28.3 Å². The van der Waals surface area contributed by atoms with Crippen molar-refractivity contribution in [2.45, 2.75) is 19.6 Å². The Hall–Kier alpha value is -5.06. The molecule has 194 valence electrons. The molecule has 0 fully saturated rings. The summed E-state index contributed by atoms with van der Waals surface area (Å²) in [6, 6.07) is 21.4. The van der Waals surface area contributed by atoms with Crippen molar-refractivity contribution in [2.24, 2.45) is 0 Å². The zero-order chi connectivity index (χ0) is 27.1. The smallest absolute Gasteiger partial charge is 0.289 e. The number of carbonyl (C=O) groups is 1. The van der Waals surface area contributed by atoms with Crippen molar-refractivity contribution < 1.29 is 18.0 Å². The van der Waals surface area contributed by atoms with Crippen molar-refractivity contribution in [1.82, 2.24) is 29.4 Å². The maximum Gasteiger partial charge on any atom is 0.433 e. The van der Waals surface area contributed by atoms with Gasteiger partial charge in [0.1, 0.15) is 11.9 Å². The van der Waals surface area contributed by atoms with Crippen LogP contribution in [0, 0.1) is 6.92 Å². The number of halogens is 3. The van der Waals surface area contributed by atoms with E-state index in [9.17, 15) is 18.0 Å². The van der Waals surface area contributed by atoms with Gasteiger partial charge < -0.3 is 0 Å². The van der Waals surface area contributed by atoms with E-state index >= 15 is 0 Å². The van der Waals surface area contributed by atoms with Gasteiger partial charge in [0.25, 0.3) is 5.91 Å². The molecular formula is C28H20F3N7O. The zero-order valence-corrected chi connectivity index (χ0v) is 20.5. The summed E-state index contributed by atoms with van der Waals surface area (Å²) in [5.74, 6) is -0.719. The summed E-state index contributed by atoms with van der Waals surface area (Å²) >= 11 is 0. The van der Waals surface area contributed by atoms with Gasteiger partial charge in [0.2, 0.25) is 5.95 Å². The fourth-order valence-corrected chi connectivity index (χ4v) is 4.47. The lowest BCUT2D eigenvalue weighted by atomic mass is 10.0. The molecule has 0 aliphatic rings. The number of nitrogens with zero attached hydrogens (tertiary/aromatic N) is 6. The predicted molar refractivity (Wildman–Crippen MR) is 139 cm³/mol. The van der Waals surface area contributed by atoms with Gasteiger partial charge in [-0.15, -0.1) is 5.10 Å². The van der Waals surface area contributed by atoms with E-state index in [0.717, 1.165) is 34.2 Å². The number of aromatic nitrogens is 6. The van der Waals surface area contributed by atoms with Crippen LogP contribution in [0.1, 0.15) is 27.2 Å². The minimum absolute atomic E-state index is 0.00851. The Morgan fingerprint density at radius 3 is 2.59 bits per heavy atom. The highest BCUT2D eigenvalue weighted by atomic mass is 19.4. The molecule has 3 aromatic heterocycles. The third-order valence-electron chi connectivity index (χ3n) is 6.43. The van der Waals surface area contributed by atoms with E-state index in [4.69, 9.17) is 0 Å². The Labute approximate surface area is 219 Å². The van der Waals surface area contributed by atoms with Crippen molar-refractivity contribution in [3.05, 3.63) is 108 Å². The molecule has 6 rings (SSSR count). The number of carbonyl (C=O) groups excluding carboxylic acids is 1. The molecule has 0 aliphatic heterocycles. The minimum Gasteiger partial charge on any atom is -0.289 e. The van der Waals surface area contributed by atoms with Crippen molar-refractivity contribution in [2.75, 3.05) is 5.32 Å². The fourth-order valence-electron chi connectivity index (χ4n) is 4.47. The third kappa shape index (κ3) is 4.58. The molecule has 3 aromatic carbocycles. The van der Waals surface area contributed by atoms with Crippen LogP contribution in [0.5, 0.6) is 0 Å². The molecular weight excluding hydrogens is 507 g/mol. The first-order chi connectivity index (χ1) is 18.8. The second-order valence-electron chi connectivity index (χ2n) is 8.99. The maximum atomic E-state index is 14.1. The van der Waals surface area contributed by atoms with Gasteiger partial charge in [-0.05, 0) is 34.9 Å². The Morgan fingerprint density at radius 1 is 1.00 bits per heavy atom. The highest BCUT2D eigenvalue weighted by Gasteiger charge is 2.36. The molecule has 3 heterocycles. The topological polar surface area (TPSA) is 90.0 Å². The van der Waals surface area contributed by atoms with Gasteiger partial charge in [-0.3, -0.25) is 10.1 Å². The lowest BCUT2D eigenvalue weighted by molar-refractivity contribution is -0.142. The number of amides is 1. The summed E-state index contributed by atoms with van der Waals surface area (Å²) in [6.45, 7) is 2.42. The lowest BCUT2D eigenvalue weighted by Gasteiger charge is -2.13. The molecule has 0 saturated carbocycles. The average Bonchev–Trinajstić information content (AvgIpc) is 3.55. The quantitative estimate of drug-likeness (QED) is 0.308. The molecule has 11 heteroatoms. The SMILES string of the molecule is Cc1ccccc1Cn1cnc(NC(=O)c2cnn3c(C(F)(F)F)cc(-c4cccc5ccccc45)nc23)n1. The first-order valence-corrected chi connectivity index (χ1v) is 12.0. The van der Waals surface area contributed by atoms with Gasteiger partial charge in [0.15, 0.2) is 11.3 Å². The first-order valence-electron chi connectivity index (χ1n) is 12.0. The highest BCUT2D eigenvalue weighted by molar-refractivity contribution is 6.07. The molecule has 0 atom stereocenters. The van der Waals surface area contributed by atoms with Gasteiger partial charge in [-0.1, -0.05) is 66.7 Å². The molecule has 8 nitrogen and oxygen atoms in total. The van der Waals surface area contributed by atoms with E-state index in [1.54, 1.807) is 22.9 Å². The Kier molecular flexibility index (Phi) is 5.82. The van der Waals surface area contributed by atoms with Gasteiger partial charge >= 0.3 is 6.18 Å². The lowest BCUT2D eigenvalue weighted by Crippen LogP contribution is -2.16. The van der Waals surface area contributed by atoms with E-state index in [1.807, 2.05) is 55.5 Å². The van der Waals surface area contributed by atoms with Crippen LogP contribution < -0.4 is 5.32 Å². The second-order valence-corrected chi connectivity index (χ2v) is 8.99. The molecule has 0 aliphatic carbocycles. The number of nitrogens with one attached hydrogen (secondary N) is 1. The predicted octanol–water partition coefficient (Wildman–Crippen LogP) is 5.77. The van der Waals surface area contributed by atoms with Gasteiger partial charge in [0, 0.05) is 5.56 Å². The normalized spacial score (nSPS) is 11.8. The molecule has 0 unspecified atom stereocenters. The number of hydrogen-bond acceptors (Lipinski definition) is 5. The summed E-state index contributed by atoms with van der Waals surface area (Å²) in [4.78, 5) is 21.7. The number of alkyl halides is 3. The summed E-state index contributed by atoms with van der Waals surface area (Å²) in [7, 11) is 0. The number of anilines is 1. The number of benzene rings is 3. The molecule has 39 heavy (non-hydrogen) atoms. The minimum atomic E-state index is -4.74. The third-order valence-corrected chi connectivity index (χ3v) is 6.43. The summed E-state index contributed by atoms with van der Waals surface area (Å²) in [6.07, 6.45) is -2.21. The Balaban J connectivity index is 1.38.